The molecule has 0 amide bonds. The Bertz CT molecular complexity index is 1210. The van der Waals surface area contributed by atoms with Crippen LogP contribution in [0.25, 0.3) is 0 Å². The summed E-state index contributed by atoms with van der Waals surface area (Å²) in [6, 6.07) is 12.1. The van der Waals surface area contributed by atoms with Gasteiger partial charge in [0.1, 0.15) is 16.5 Å². The number of aromatic hydroxyl groups is 2. The Labute approximate surface area is 186 Å². The van der Waals surface area contributed by atoms with Crippen LogP contribution >= 0.6 is 46.4 Å². The predicted octanol–water partition coefficient (Wildman–Crippen LogP) is 5.89. The van der Waals surface area contributed by atoms with Crippen LogP contribution < -0.4 is 0 Å². The van der Waals surface area contributed by atoms with Crippen molar-refractivity contribution in [2.75, 3.05) is 0 Å². The van der Waals surface area contributed by atoms with E-state index in [0.29, 0.717) is 0 Å². The molecule has 0 saturated heterocycles. The maximum atomic E-state index is 13.0. The van der Waals surface area contributed by atoms with Crippen molar-refractivity contribution in [3.05, 3.63) is 91.4 Å². The van der Waals surface area contributed by atoms with Gasteiger partial charge in [-0.15, -0.1) is 0 Å². The zero-order chi connectivity index (χ0) is 21.6. The molecular formula is C19H12Cl4O5S. The molecule has 0 saturated carbocycles. The molecular weight excluding hydrogens is 482 g/mol. The van der Waals surface area contributed by atoms with E-state index in [1.807, 2.05) is 0 Å². The molecule has 152 valence electrons. The second kappa shape index (κ2) is 7.87. The first-order valence-corrected chi connectivity index (χ1v) is 10.9. The molecule has 1 atom stereocenters. The summed E-state index contributed by atoms with van der Waals surface area (Å²) in [5.41, 5.74) is -0.601. The minimum Gasteiger partial charge on any atom is -0.508 e. The lowest BCUT2D eigenvalue weighted by Crippen LogP contribution is -2.38. The lowest BCUT2D eigenvalue weighted by Gasteiger charge is -2.34. The number of para-hydroxylation sites is 1. The van der Waals surface area contributed by atoms with Gasteiger partial charge in [-0.3, -0.25) is 4.55 Å². The van der Waals surface area contributed by atoms with Crippen LogP contribution in [0.2, 0.25) is 20.1 Å². The van der Waals surface area contributed by atoms with E-state index in [-0.39, 0.29) is 36.8 Å². The number of rotatable bonds is 4. The molecule has 0 aliphatic heterocycles. The molecule has 0 spiro atoms. The first-order valence-electron chi connectivity index (χ1n) is 7.90. The van der Waals surface area contributed by atoms with Crippen LogP contribution in [0.4, 0.5) is 0 Å². The second-order valence-corrected chi connectivity index (χ2v) is 9.20. The summed E-state index contributed by atoms with van der Waals surface area (Å²) in [7, 11) is -5.11. The molecule has 1 unspecified atom stereocenters. The second-order valence-electron chi connectivity index (χ2n) is 6.07. The van der Waals surface area contributed by atoms with Crippen LogP contribution in [0, 0.1) is 0 Å². The molecule has 0 aliphatic carbocycles. The quantitative estimate of drug-likeness (QED) is 0.239. The SMILES string of the molecule is O=S(=O)(O)C(c1cccc(Cl)c1)(c1ccccc1O)c1cc(O)c(Cl)c(Cl)c1Cl. The fourth-order valence-corrected chi connectivity index (χ4v) is 5.46. The summed E-state index contributed by atoms with van der Waals surface area (Å²) in [6.45, 7) is 0. The van der Waals surface area contributed by atoms with Crippen molar-refractivity contribution in [2.45, 2.75) is 4.75 Å². The Kier molecular flexibility index (Phi) is 5.98. The summed E-state index contributed by atoms with van der Waals surface area (Å²) in [5, 5.41) is 19.9. The highest BCUT2D eigenvalue weighted by Gasteiger charge is 2.52. The number of hydrogen-bond acceptors (Lipinski definition) is 4. The fourth-order valence-electron chi connectivity index (χ4n) is 3.21. The zero-order valence-corrected chi connectivity index (χ0v) is 18.1. The van der Waals surface area contributed by atoms with Crippen molar-refractivity contribution in [1.29, 1.82) is 0 Å². The average Bonchev–Trinajstić information content (AvgIpc) is 2.65. The van der Waals surface area contributed by atoms with E-state index in [9.17, 15) is 23.2 Å². The van der Waals surface area contributed by atoms with Gasteiger partial charge in [0.25, 0.3) is 10.1 Å². The third kappa shape index (κ3) is 3.54. The monoisotopic (exact) mass is 492 g/mol. The minimum absolute atomic E-state index is 0.0475. The standard InChI is InChI=1S/C19H12Cl4O5S/c20-11-5-3-4-10(8-11)19(29(26,27)28,12-6-1-2-7-14(12)24)13-9-15(25)17(22)18(23)16(13)21/h1-9,24-25H,(H,26,27,28). The van der Waals surface area contributed by atoms with Gasteiger partial charge in [0.15, 0.2) is 4.75 Å². The van der Waals surface area contributed by atoms with Crippen molar-refractivity contribution in [3.63, 3.8) is 0 Å². The zero-order valence-electron chi connectivity index (χ0n) is 14.3. The highest BCUT2D eigenvalue weighted by molar-refractivity contribution is 7.87. The molecule has 0 aromatic heterocycles. The van der Waals surface area contributed by atoms with E-state index in [2.05, 4.69) is 0 Å². The first kappa shape index (κ1) is 22.0. The number of phenols is 2. The molecule has 0 radical (unpaired) electrons. The average molecular weight is 494 g/mol. The van der Waals surface area contributed by atoms with Gasteiger partial charge in [-0.25, -0.2) is 0 Å². The lowest BCUT2D eigenvalue weighted by molar-refractivity contribution is 0.439. The van der Waals surface area contributed by atoms with E-state index in [1.54, 1.807) is 0 Å². The van der Waals surface area contributed by atoms with Crippen molar-refractivity contribution >= 4 is 56.5 Å². The van der Waals surface area contributed by atoms with E-state index >= 15 is 0 Å². The van der Waals surface area contributed by atoms with Gasteiger partial charge in [-0.1, -0.05) is 76.7 Å². The smallest absolute Gasteiger partial charge is 0.283 e. The van der Waals surface area contributed by atoms with Crippen LogP contribution in [0.1, 0.15) is 16.7 Å². The third-order valence-electron chi connectivity index (χ3n) is 4.41. The molecule has 5 nitrogen and oxygen atoms in total. The van der Waals surface area contributed by atoms with Gasteiger partial charge < -0.3 is 10.2 Å². The Hall–Kier alpha value is -1.67. The lowest BCUT2D eigenvalue weighted by atomic mass is 9.83. The van der Waals surface area contributed by atoms with Crippen LogP contribution in [0.5, 0.6) is 11.5 Å². The maximum absolute atomic E-state index is 13.0. The molecule has 3 rings (SSSR count). The van der Waals surface area contributed by atoms with Gasteiger partial charge in [0, 0.05) is 16.1 Å². The Morgan fingerprint density at radius 2 is 1.38 bits per heavy atom. The summed E-state index contributed by atoms with van der Waals surface area (Å²) < 4.78 is 33.9. The van der Waals surface area contributed by atoms with Gasteiger partial charge in [0.2, 0.25) is 0 Å². The van der Waals surface area contributed by atoms with Crippen LogP contribution in [-0.2, 0) is 14.9 Å². The van der Waals surface area contributed by atoms with Crippen LogP contribution in [-0.4, -0.2) is 23.2 Å². The highest BCUT2D eigenvalue weighted by atomic mass is 35.5. The van der Waals surface area contributed by atoms with Crippen LogP contribution in [0.15, 0.2) is 54.6 Å². The summed E-state index contributed by atoms with van der Waals surface area (Å²) in [5.74, 6) is -1.02. The van der Waals surface area contributed by atoms with Gasteiger partial charge in [-0.2, -0.15) is 8.42 Å². The summed E-state index contributed by atoms with van der Waals surface area (Å²) in [6.07, 6.45) is 0. The van der Waals surface area contributed by atoms with Crippen molar-refractivity contribution in [1.82, 2.24) is 0 Å². The van der Waals surface area contributed by atoms with E-state index in [4.69, 9.17) is 46.4 Å². The molecule has 0 aliphatic rings. The van der Waals surface area contributed by atoms with E-state index in [1.165, 1.54) is 48.5 Å². The highest BCUT2D eigenvalue weighted by Crippen LogP contribution is 2.53. The van der Waals surface area contributed by atoms with Crippen molar-refractivity contribution < 1.29 is 23.2 Å². The number of hydrogen-bond donors (Lipinski definition) is 3. The largest absolute Gasteiger partial charge is 0.508 e. The van der Waals surface area contributed by atoms with Gasteiger partial charge in [0.05, 0.1) is 10.0 Å². The van der Waals surface area contributed by atoms with Crippen molar-refractivity contribution in [3.8, 4) is 11.5 Å². The molecule has 0 fully saturated rings. The van der Waals surface area contributed by atoms with E-state index < -0.39 is 26.4 Å². The predicted molar refractivity (Wildman–Crippen MR) is 114 cm³/mol. The van der Waals surface area contributed by atoms with E-state index in [0.717, 1.165) is 6.07 Å². The minimum atomic E-state index is -5.11. The topological polar surface area (TPSA) is 94.8 Å². The number of benzene rings is 3. The Morgan fingerprint density at radius 1 is 0.724 bits per heavy atom. The molecule has 10 heteroatoms. The van der Waals surface area contributed by atoms with Crippen LogP contribution in [0.3, 0.4) is 0 Å². The number of phenolic OH excluding ortho intramolecular Hbond substituents is 2. The fraction of sp³-hybridized carbons (Fsp3) is 0.0526. The molecule has 3 N–H and O–H groups in total. The van der Waals surface area contributed by atoms with Gasteiger partial charge >= 0.3 is 0 Å². The molecule has 0 heterocycles. The van der Waals surface area contributed by atoms with Crippen molar-refractivity contribution in [2.24, 2.45) is 0 Å². The molecule has 0 bridgehead atoms. The summed E-state index contributed by atoms with van der Waals surface area (Å²) >= 11 is 24.4. The molecule has 3 aromatic carbocycles. The Balaban J connectivity index is 2.64. The normalized spacial score (nSPS) is 13.8. The number of halogens is 4. The molecule has 3 aromatic rings. The van der Waals surface area contributed by atoms with Gasteiger partial charge in [-0.05, 0) is 29.8 Å². The third-order valence-corrected chi connectivity index (χ3v) is 7.44. The first-order chi connectivity index (χ1) is 13.5. The maximum Gasteiger partial charge on any atom is 0.283 e. The molecule has 29 heavy (non-hydrogen) atoms. The summed E-state index contributed by atoms with van der Waals surface area (Å²) in [4.78, 5) is 0. The Morgan fingerprint density at radius 3 is 1.97 bits per heavy atom.